The van der Waals surface area contributed by atoms with Gasteiger partial charge in [-0.15, -0.1) is 6.58 Å². The fourth-order valence-corrected chi connectivity index (χ4v) is 4.81. The number of hydrogen-bond donors (Lipinski definition) is 2. The van der Waals surface area contributed by atoms with Gasteiger partial charge in [0.2, 0.25) is 11.8 Å². The summed E-state index contributed by atoms with van der Waals surface area (Å²) in [4.78, 5) is 29.1. The van der Waals surface area contributed by atoms with E-state index in [2.05, 4.69) is 6.58 Å². The lowest BCUT2D eigenvalue weighted by Crippen LogP contribution is -2.51. The molecule has 2 aliphatic heterocycles. The van der Waals surface area contributed by atoms with Gasteiger partial charge in [-0.2, -0.15) is 0 Å². The van der Waals surface area contributed by atoms with Crippen LogP contribution in [-0.4, -0.2) is 70.0 Å². The van der Waals surface area contributed by atoms with Crippen LogP contribution in [0, 0.1) is 5.92 Å². The lowest BCUT2D eigenvalue weighted by molar-refractivity contribution is -0.241. The first-order chi connectivity index (χ1) is 17.8. The van der Waals surface area contributed by atoms with Crippen LogP contribution in [0.15, 0.2) is 85.5 Å². The Morgan fingerprint density at radius 1 is 0.892 bits per heavy atom. The van der Waals surface area contributed by atoms with Crippen molar-refractivity contribution < 1.29 is 29.3 Å². The van der Waals surface area contributed by atoms with Crippen molar-refractivity contribution in [2.75, 3.05) is 26.3 Å². The van der Waals surface area contributed by atoms with Crippen LogP contribution < -0.4 is 0 Å². The van der Waals surface area contributed by atoms with E-state index in [-0.39, 0.29) is 57.4 Å². The minimum Gasteiger partial charge on any atom is -0.348 e. The molecule has 2 aromatic rings. The number of allylic oxidation sites excluding steroid dienone is 1. The predicted molar refractivity (Wildman–Crippen MR) is 138 cm³/mol. The van der Waals surface area contributed by atoms with Crippen LogP contribution in [0.3, 0.4) is 0 Å². The molecule has 0 saturated carbocycles. The van der Waals surface area contributed by atoms with Crippen molar-refractivity contribution in [2.45, 2.75) is 37.5 Å². The van der Waals surface area contributed by atoms with E-state index in [1.165, 1.54) is 9.80 Å². The summed E-state index contributed by atoms with van der Waals surface area (Å²) in [7, 11) is 0. The van der Waals surface area contributed by atoms with Crippen molar-refractivity contribution in [3.8, 4) is 0 Å². The summed E-state index contributed by atoms with van der Waals surface area (Å²) in [6, 6.07) is 18.7. The summed E-state index contributed by atoms with van der Waals surface area (Å²) in [6.07, 6.45) is 5.57. The van der Waals surface area contributed by atoms with Crippen molar-refractivity contribution in [1.29, 1.82) is 0 Å². The summed E-state index contributed by atoms with van der Waals surface area (Å²) in [6.45, 7) is 4.77. The maximum absolute atomic E-state index is 13.4. The smallest absolute Gasteiger partial charge is 0.255 e. The molecule has 8 heteroatoms. The third-order valence-electron chi connectivity index (χ3n) is 6.66. The SMILES string of the molecule is C=CC[C@@H](/C=C/CC(=O)N1CCO[C@@]1(O)Cc1ccccc1)C(=O)N1CCO[C@@]1(O)Cc1ccccc1. The lowest BCUT2D eigenvalue weighted by Gasteiger charge is -2.33. The molecule has 3 atom stereocenters. The number of amides is 2. The molecule has 8 nitrogen and oxygen atoms in total. The van der Waals surface area contributed by atoms with Gasteiger partial charge in [0.15, 0.2) is 0 Å². The summed E-state index contributed by atoms with van der Waals surface area (Å²) in [5.74, 6) is -4.66. The molecule has 2 heterocycles. The highest BCUT2D eigenvalue weighted by Gasteiger charge is 2.45. The third kappa shape index (κ3) is 6.34. The molecule has 37 heavy (non-hydrogen) atoms. The number of carbonyl (C=O) groups is 2. The van der Waals surface area contributed by atoms with E-state index in [1.807, 2.05) is 60.7 Å². The molecule has 2 aliphatic rings. The fraction of sp³-hybridized carbons (Fsp3) is 0.379. The summed E-state index contributed by atoms with van der Waals surface area (Å²) < 4.78 is 11.1. The van der Waals surface area contributed by atoms with Crippen molar-refractivity contribution in [3.05, 3.63) is 96.6 Å². The van der Waals surface area contributed by atoms with Crippen LogP contribution in [0.25, 0.3) is 0 Å². The first-order valence-corrected chi connectivity index (χ1v) is 12.5. The monoisotopic (exact) mass is 506 g/mol. The topological polar surface area (TPSA) is 99.5 Å². The van der Waals surface area contributed by atoms with Gasteiger partial charge < -0.3 is 19.7 Å². The van der Waals surface area contributed by atoms with Crippen LogP contribution >= 0.6 is 0 Å². The maximum atomic E-state index is 13.4. The quantitative estimate of drug-likeness (QED) is 0.481. The van der Waals surface area contributed by atoms with Gasteiger partial charge in [0.25, 0.3) is 11.8 Å². The van der Waals surface area contributed by atoms with Gasteiger partial charge in [-0.1, -0.05) is 78.9 Å². The average molecular weight is 507 g/mol. The molecule has 0 aliphatic carbocycles. The number of benzene rings is 2. The Morgan fingerprint density at radius 3 is 1.95 bits per heavy atom. The number of rotatable bonds is 10. The maximum Gasteiger partial charge on any atom is 0.255 e. The molecule has 2 fully saturated rings. The minimum absolute atomic E-state index is 0.00777. The van der Waals surface area contributed by atoms with Crippen molar-refractivity contribution in [3.63, 3.8) is 0 Å². The first-order valence-electron chi connectivity index (χ1n) is 12.5. The van der Waals surface area contributed by atoms with Gasteiger partial charge in [-0.05, 0) is 17.5 Å². The third-order valence-corrected chi connectivity index (χ3v) is 6.66. The highest BCUT2D eigenvalue weighted by Crippen LogP contribution is 2.29. The second-order valence-corrected chi connectivity index (χ2v) is 9.31. The van der Waals surface area contributed by atoms with Gasteiger partial charge in [-0.25, -0.2) is 0 Å². The number of hydrogen-bond acceptors (Lipinski definition) is 6. The predicted octanol–water partition coefficient (Wildman–Crippen LogP) is 2.62. The van der Waals surface area contributed by atoms with E-state index in [9.17, 15) is 19.8 Å². The molecular weight excluding hydrogens is 472 g/mol. The van der Waals surface area contributed by atoms with E-state index in [0.29, 0.717) is 6.42 Å². The van der Waals surface area contributed by atoms with E-state index in [1.54, 1.807) is 18.2 Å². The lowest BCUT2D eigenvalue weighted by atomic mass is 10.0. The molecule has 196 valence electrons. The Balaban J connectivity index is 1.40. The molecule has 0 bridgehead atoms. The summed E-state index contributed by atoms with van der Waals surface area (Å²) in [5.41, 5.74) is 1.70. The molecule has 0 aromatic heterocycles. The Hall–Kier alpha value is -3.30. The van der Waals surface area contributed by atoms with Crippen LogP contribution in [0.5, 0.6) is 0 Å². The highest BCUT2D eigenvalue weighted by atomic mass is 16.7. The standard InChI is InChI=1S/C29H34N2O6/c1-2-10-25(27(33)31-18-20-37-29(31,35)22-24-13-7-4-8-14-24)15-9-16-26(32)30-17-19-36-28(30,34)21-23-11-5-3-6-12-23/h2-9,11-15,25,34-35H,1,10,16-22H2/b15-9+/t25-,28-,29-/m0/s1. The zero-order chi connectivity index (χ0) is 26.3. The molecule has 2 N–H and O–H groups in total. The van der Waals surface area contributed by atoms with Crippen LogP contribution in [-0.2, 0) is 31.9 Å². The van der Waals surface area contributed by atoms with Crippen molar-refractivity contribution in [2.24, 2.45) is 5.92 Å². The Morgan fingerprint density at radius 2 is 1.41 bits per heavy atom. The largest absolute Gasteiger partial charge is 0.348 e. The Bertz CT molecular complexity index is 1110. The van der Waals surface area contributed by atoms with Gasteiger partial charge >= 0.3 is 0 Å². The normalized spacial score (nSPS) is 24.5. The van der Waals surface area contributed by atoms with Gasteiger partial charge in [0.05, 0.1) is 19.1 Å². The molecule has 2 aromatic carbocycles. The van der Waals surface area contributed by atoms with Gasteiger partial charge in [-0.3, -0.25) is 19.4 Å². The number of nitrogens with zero attached hydrogens (tertiary/aromatic N) is 2. The second kappa shape index (κ2) is 11.8. The molecule has 2 saturated heterocycles. The molecule has 4 rings (SSSR count). The zero-order valence-corrected chi connectivity index (χ0v) is 20.9. The van der Waals surface area contributed by atoms with Crippen LogP contribution in [0.2, 0.25) is 0 Å². The second-order valence-electron chi connectivity index (χ2n) is 9.31. The molecule has 0 spiro atoms. The van der Waals surface area contributed by atoms with Crippen LogP contribution in [0.1, 0.15) is 24.0 Å². The summed E-state index contributed by atoms with van der Waals surface area (Å²) >= 11 is 0. The number of ether oxygens (including phenoxy) is 2. The van der Waals surface area contributed by atoms with Gasteiger partial charge in [0, 0.05) is 32.4 Å². The van der Waals surface area contributed by atoms with E-state index >= 15 is 0 Å². The Labute approximate surface area is 217 Å². The van der Waals surface area contributed by atoms with Gasteiger partial charge in [0.1, 0.15) is 0 Å². The van der Waals surface area contributed by atoms with E-state index in [0.717, 1.165) is 11.1 Å². The number of carbonyl (C=O) groups excluding carboxylic acids is 2. The summed E-state index contributed by atoms with van der Waals surface area (Å²) in [5, 5.41) is 22.2. The molecule has 0 unspecified atom stereocenters. The molecule has 2 amide bonds. The van der Waals surface area contributed by atoms with Crippen LogP contribution in [0.4, 0.5) is 0 Å². The van der Waals surface area contributed by atoms with Crippen molar-refractivity contribution in [1.82, 2.24) is 9.80 Å². The zero-order valence-electron chi connectivity index (χ0n) is 20.9. The number of aliphatic hydroxyl groups is 2. The van der Waals surface area contributed by atoms with E-state index < -0.39 is 17.7 Å². The molecule has 0 radical (unpaired) electrons. The van der Waals surface area contributed by atoms with Crippen molar-refractivity contribution >= 4 is 11.8 Å². The average Bonchev–Trinajstić information content (AvgIpc) is 3.46. The molecular formula is C29H34N2O6. The fourth-order valence-electron chi connectivity index (χ4n) is 4.81. The van der Waals surface area contributed by atoms with E-state index in [4.69, 9.17) is 9.47 Å². The minimum atomic E-state index is -1.73. The first kappa shape index (κ1) is 26.8. The Kier molecular flexibility index (Phi) is 8.56. The highest BCUT2D eigenvalue weighted by molar-refractivity contribution is 5.82.